The Hall–Kier alpha value is -1.00. The van der Waals surface area contributed by atoms with Crippen molar-refractivity contribution in [1.29, 1.82) is 0 Å². The number of ether oxygens (including phenoxy) is 1. The Kier molecular flexibility index (Phi) is 5.56. The van der Waals surface area contributed by atoms with Crippen molar-refractivity contribution in [1.82, 2.24) is 15.3 Å². The van der Waals surface area contributed by atoms with E-state index in [0.717, 1.165) is 34.0 Å². The van der Waals surface area contributed by atoms with Crippen LogP contribution in [0.2, 0.25) is 5.28 Å². The van der Waals surface area contributed by atoms with Gasteiger partial charge >= 0.3 is 0 Å². The first-order chi connectivity index (χ1) is 11.4. The van der Waals surface area contributed by atoms with Crippen molar-refractivity contribution in [3.63, 3.8) is 0 Å². The summed E-state index contributed by atoms with van der Waals surface area (Å²) >= 11 is 7.68. The number of fused-ring (bicyclic) bond motifs is 1. The zero-order chi connectivity index (χ0) is 17.2. The third-order valence-corrected chi connectivity index (χ3v) is 5.87. The molecule has 3 rings (SSSR count). The van der Waals surface area contributed by atoms with E-state index in [4.69, 9.17) is 16.3 Å². The first kappa shape index (κ1) is 17.8. The molecule has 10 heteroatoms. The molecule has 1 saturated heterocycles. The predicted molar refractivity (Wildman–Crippen MR) is 96.9 cm³/mol. The molecule has 0 atom stereocenters. The maximum Gasteiger partial charge on any atom is 0.224 e. The number of halogens is 1. The van der Waals surface area contributed by atoms with E-state index >= 15 is 0 Å². The highest BCUT2D eigenvalue weighted by Crippen LogP contribution is 2.33. The van der Waals surface area contributed by atoms with Gasteiger partial charge in [0.25, 0.3) is 0 Å². The zero-order valence-electron chi connectivity index (χ0n) is 13.3. The van der Waals surface area contributed by atoms with Gasteiger partial charge in [-0.1, -0.05) is 0 Å². The molecule has 132 valence electrons. The largest absolute Gasteiger partial charge is 0.378 e. The Morgan fingerprint density at radius 2 is 2.12 bits per heavy atom. The molecule has 1 N–H and O–H groups in total. The first-order valence-electron chi connectivity index (χ1n) is 7.59. The Morgan fingerprint density at radius 3 is 2.83 bits per heavy atom. The average molecular weight is 391 g/mol. The Morgan fingerprint density at radius 1 is 1.38 bits per heavy atom. The summed E-state index contributed by atoms with van der Waals surface area (Å²) in [7, 11) is -2.95. The zero-order valence-corrected chi connectivity index (χ0v) is 15.7. The van der Waals surface area contributed by atoms with Crippen LogP contribution < -0.4 is 10.2 Å². The molecule has 0 unspecified atom stereocenters. The third kappa shape index (κ3) is 4.54. The molecule has 1 aliphatic heterocycles. The quantitative estimate of drug-likeness (QED) is 0.588. The lowest BCUT2D eigenvalue weighted by Gasteiger charge is -2.28. The van der Waals surface area contributed by atoms with Crippen LogP contribution in [-0.2, 0) is 21.1 Å². The van der Waals surface area contributed by atoms with Gasteiger partial charge in [-0.3, -0.25) is 0 Å². The normalized spacial score (nSPS) is 16.0. The molecule has 7 nitrogen and oxygen atoms in total. The lowest BCUT2D eigenvalue weighted by molar-refractivity contribution is 0.122. The Labute approximate surface area is 149 Å². The number of hydrogen-bond donors (Lipinski definition) is 1. The topological polar surface area (TPSA) is 84.4 Å². The second-order valence-electron chi connectivity index (χ2n) is 5.65. The van der Waals surface area contributed by atoms with Crippen molar-refractivity contribution < 1.29 is 13.2 Å². The molecule has 24 heavy (non-hydrogen) atoms. The minimum atomic E-state index is -2.95. The van der Waals surface area contributed by atoms with E-state index in [0.29, 0.717) is 26.3 Å². The molecule has 3 heterocycles. The predicted octanol–water partition coefficient (Wildman–Crippen LogP) is 1.32. The van der Waals surface area contributed by atoms with Gasteiger partial charge in [-0.05, 0) is 17.7 Å². The van der Waals surface area contributed by atoms with E-state index in [2.05, 4.69) is 20.2 Å². The SMILES string of the molecule is CS(=O)(=O)CCNCc1cc2nc(Cl)nc(N3CCOCC3)c2s1. The number of anilines is 1. The van der Waals surface area contributed by atoms with Crippen LogP contribution in [0.1, 0.15) is 4.88 Å². The Bertz CT molecular complexity index is 819. The number of morpholine rings is 1. The van der Waals surface area contributed by atoms with Gasteiger partial charge in [-0.2, -0.15) is 4.98 Å². The number of aromatic nitrogens is 2. The minimum Gasteiger partial charge on any atom is -0.378 e. The van der Waals surface area contributed by atoms with E-state index in [9.17, 15) is 8.42 Å². The van der Waals surface area contributed by atoms with Crippen LogP contribution in [0.4, 0.5) is 5.82 Å². The van der Waals surface area contributed by atoms with Crippen molar-refractivity contribution in [2.24, 2.45) is 0 Å². The Balaban J connectivity index is 1.77. The minimum absolute atomic E-state index is 0.128. The number of nitrogens with zero attached hydrogens (tertiary/aromatic N) is 3. The number of rotatable bonds is 6. The van der Waals surface area contributed by atoms with Crippen molar-refractivity contribution in [2.45, 2.75) is 6.54 Å². The molecule has 0 saturated carbocycles. The fourth-order valence-electron chi connectivity index (χ4n) is 2.48. The molecule has 0 amide bonds. The van der Waals surface area contributed by atoms with Gasteiger partial charge in [0.1, 0.15) is 9.84 Å². The highest BCUT2D eigenvalue weighted by molar-refractivity contribution is 7.90. The average Bonchev–Trinajstić information content (AvgIpc) is 2.93. The van der Waals surface area contributed by atoms with Crippen molar-refractivity contribution in [2.75, 3.05) is 49.8 Å². The van der Waals surface area contributed by atoms with Crippen LogP contribution in [0.3, 0.4) is 0 Å². The lowest BCUT2D eigenvalue weighted by atomic mass is 10.3. The maximum absolute atomic E-state index is 11.2. The van der Waals surface area contributed by atoms with Crippen molar-refractivity contribution in [3.05, 3.63) is 16.2 Å². The van der Waals surface area contributed by atoms with Gasteiger partial charge in [-0.25, -0.2) is 13.4 Å². The van der Waals surface area contributed by atoms with Gasteiger partial charge in [-0.15, -0.1) is 11.3 Å². The first-order valence-corrected chi connectivity index (χ1v) is 10.8. The maximum atomic E-state index is 11.2. The number of sulfone groups is 1. The second kappa shape index (κ2) is 7.49. The molecule has 1 fully saturated rings. The van der Waals surface area contributed by atoms with Gasteiger partial charge < -0.3 is 15.0 Å². The number of nitrogens with one attached hydrogen (secondary N) is 1. The smallest absolute Gasteiger partial charge is 0.224 e. The molecule has 1 aliphatic rings. The highest BCUT2D eigenvalue weighted by Gasteiger charge is 2.19. The van der Waals surface area contributed by atoms with Crippen LogP contribution in [-0.4, -0.2) is 63.2 Å². The summed E-state index contributed by atoms with van der Waals surface area (Å²) in [5.74, 6) is 0.975. The monoisotopic (exact) mass is 390 g/mol. The molecule has 0 radical (unpaired) electrons. The van der Waals surface area contributed by atoms with E-state index < -0.39 is 9.84 Å². The molecular formula is C14H19ClN4O3S2. The van der Waals surface area contributed by atoms with Crippen LogP contribution in [0.15, 0.2) is 6.07 Å². The second-order valence-corrected chi connectivity index (χ2v) is 9.38. The molecule has 2 aromatic heterocycles. The molecule has 2 aromatic rings. The summed E-state index contributed by atoms with van der Waals surface area (Å²) in [5.41, 5.74) is 0.821. The third-order valence-electron chi connectivity index (χ3n) is 3.64. The summed E-state index contributed by atoms with van der Waals surface area (Å²) < 4.78 is 28.7. The fourth-order valence-corrected chi connectivity index (χ4v) is 4.25. The lowest BCUT2D eigenvalue weighted by Crippen LogP contribution is -2.36. The molecule has 0 spiro atoms. The summed E-state index contributed by atoms with van der Waals surface area (Å²) in [6.07, 6.45) is 1.24. The fraction of sp³-hybridized carbons (Fsp3) is 0.571. The van der Waals surface area contributed by atoms with E-state index in [1.165, 1.54) is 6.26 Å². The molecule has 0 bridgehead atoms. The molecular weight excluding hydrogens is 372 g/mol. The summed E-state index contributed by atoms with van der Waals surface area (Å²) in [6.45, 7) is 3.93. The van der Waals surface area contributed by atoms with Crippen LogP contribution in [0.5, 0.6) is 0 Å². The van der Waals surface area contributed by atoms with Crippen LogP contribution >= 0.6 is 22.9 Å². The van der Waals surface area contributed by atoms with Crippen molar-refractivity contribution >= 4 is 48.8 Å². The van der Waals surface area contributed by atoms with E-state index in [1.807, 2.05) is 6.07 Å². The van der Waals surface area contributed by atoms with Gasteiger partial charge in [0, 0.05) is 37.3 Å². The van der Waals surface area contributed by atoms with E-state index in [1.54, 1.807) is 11.3 Å². The molecule has 0 aromatic carbocycles. The van der Waals surface area contributed by atoms with Crippen LogP contribution in [0.25, 0.3) is 10.2 Å². The summed E-state index contributed by atoms with van der Waals surface area (Å²) in [5, 5.41) is 3.38. The van der Waals surface area contributed by atoms with E-state index in [-0.39, 0.29) is 11.0 Å². The van der Waals surface area contributed by atoms with Crippen LogP contribution in [0, 0.1) is 0 Å². The standard InChI is InChI=1S/C14H19ClN4O3S2/c1-24(20,21)7-2-16-9-10-8-11-12(23-10)13(18-14(15)17-11)19-3-5-22-6-4-19/h8,16H,2-7,9H2,1H3. The van der Waals surface area contributed by atoms with Gasteiger partial charge in [0.05, 0.1) is 29.2 Å². The summed E-state index contributed by atoms with van der Waals surface area (Å²) in [6, 6.07) is 1.98. The number of hydrogen-bond acceptors (Lipinski definition) is 8. The highest BCUT2D eigenvalue weighted by atomic mass is 35.5. The van der Waals surface area contributed by atoms with Gasteiger partial charge in [0.15, 0.2) is 5.82 Å². The summed E-state index contributed by atoms with van der Waals surface area (Å²) in [4.78, 5) is 11.9. The molecule has 0 aliphatic carbocycles. The van der Waals surface area contributed by atoms with Crippen molar-refractivity contribution in [3.8, 4) is 0 Å². The number of thiophene rings is 1. The van der Waals surface area contributed by atoms with Gasteiger partial charge in [0.2, 0.25) is 5.28 Å².